The molecule has 0 fully saturated rings. The Labute approximate surface area is 118 Å². The highest BCUT2D eigenvalue weighted by Gasteiger charge is 2.31. The summed E-state index contributed by atoms with van der Waals surface area (Å²) in [6.45, 7) is 0. The van der Waals surface area contributed by atoms with Crippen molar-refractivity contribution in [2.75, 3.05) is 5.32 Å². The van der Waals surface area contributed by atoms with Gasteiger partial charge >= 0.3 is 6.36 Å². The molecular formula is C15H10F3NO2. The molecule has 1 aliphatic rings. The van der Waals surface area contributed by atoms with Crippen molar-refractivity contribution in [2.45, 2.75) is 12.8 Å². The summed E-state index contributed by atoms with van der Waals surface area (Å²) in [5.41, 5.74) is 3.25. The summed E-state index contributed by atoms with van der Waals surface area (Å²) in [5, 5.41) is 2.73. The average Bonchev–Trinajstić information content (AvgIpc) is 2.76. The van der Waals surface area contributed by atoms with Crippen molar-refractivity contribution in [3.63, 3.8) is 0 Å². The number of carbonyl (C=O) groups is 1. The lowest BCUT2D eigenvalue weighted by Crippen LogP contribution is -2.16. The van der Waals surface area contributed by atoms with E-state index in [0.29, 0.717) is 6.42 Å². The Morgan fingerprint density at radius 3 is 2.33 bits per heavy atom. The Morgan fingerprint density at radius 1 is 1.00 bits per heavy atom. The van der Waals surface area contributed by atoms with Crippen LogP contribution < -0.4 is 10.1 Å². The molecule has 1 aliphatic heterocycles. The van der Waals surface area contributed by atoms with Crippen LogP contribution in [0.2, 0.25) is 0 Å². The van der Waals surface area contributed by atoms with E-state index < -0.39 is 6.36 Å². The summed E-state index contributed by atoms with van der Waals surface area (Å²) in [6.07, 6.45) is -4.38. The molecule has 3 rings (SSSR count). The predicted molar refractivity (Wildman–Crippen MR) is 70.9 cm³/mol. The Kier molecular flexibility index (Phi) is 3.08. The number of benzene rings is 2. The minimum atomic E-state index is -4.69. The van der Waals surface area contributed by atoms with Crippen LogP contribution in [-0.2, 0) is 11.2 Å². The van der Waals surface area contributed by atoms with Crippen molar-refractivity contribution < 1.29 is 22.7 Å². The monoisotopic (exact) mass is 293 g/mol. The summed E-state index contributed by atoms with van der Waals surface area (Å²) in [4.78, 5) is 11.3. The number of rotatable bonds is 2. The first-order valence-electron chi connectivity index (χ1n) is 6.20. The maximum Gasteiger partial charge on any atom is 0.573 e. The summed E-state index contributed by atoms with van der Waals surface area (Å²) in [7, 11) is 0. The fraction of sp³-hybridized carbons (Fsp3) is 0.133. The number of fused-ring (bicyclic) bond motifs is 1. The van der Waals surface area contributed by atoms with Crippen LogP contribution in [0.3, 0.4) is 0 Å². The van der Waals surface area contributed by atoms with Gasteiger partial charge < -0.3 is 10.1 Å². The average molecular weight is 293 g/mol. The molecule has 6 heteroatoms. The molecular weight excluding hydrogens is 283 g/mol. The molecule has 0 unspecified atom stereocenters. The standard InChI is InChI=1S/C15H10F3NO2/c16-15(17,18)21-12-4-1-9(2-5-12)10-3-6-13-11(7-10)8-14(20)19-13/h1-7H,8H2,(H,19,20). The second-order valence-electron chi connectivity index (χ2n) is 4.67. The fourth-order valence-corrected chi connectivity index (χ4v) is 2.26. The van der Waals surface area contributed by atoms with Crippen molar-refractivity contribution >= 4 is 11.6 Å². The maximum absolute atomic E-state index is 12.1. The Bertz CT molecular complexity index is 693. The highest BCUT2D eigenvalue weighted by atomic mass is 19.4. The van der Waals surface area contributed by atoms with Crippen LogP contribution in [-0.4, -0.2) is 12.3 Å². The van der Waals surface area contributed by atoms with Crippen LogP contribution in [0.15, 0.2) is 42.5 Å². The molecule has 1 N–H and O–H groups in total. The van der Waals surface area contributed by atoms with E-state index in [-0.39, 0.29) is 11.7 Å². The number of hydrogen-bond donors (Lipinski definition) is 1. The van der Waals surface area contributed by atoms with E-state index in [4.69, 9.17) is 0 Å². The van der Waals surface area contributed by atoms with Gasteiger partial charge in [-0.2, -0.15) is 0 Å². The van der Waals surface area contributed by atoms with E-state index in [1.807, 2.05) is 12.1 Å². The number of nitrogens with one attached hydrogen (secondary N) is 1. The molecule has 2 aromatic carbocycles. The number of amides is 1. The van der Waals surface area contributed by atoms with Crippen LogP contribution in [0, 0.1) is 0 Å². The van der Waals surface area contributed by atoms with Crippen molar-refractivity contribution in [3.8, 4) is 16.9 Å². The minimum absolute atomic E-state index is 0.0592. The quantitative estimate of drug-likeness (QED) is 0.916. The smallest absolute Gasteiger partial charge is 0.406 e. The number of ether oxygens (including phenoxy) is 1. The van der Waals surface area contributed by atoms with E-state index in [9.17, 15) is 18.0 Å². The van der Waals surface area contributed by atoms with Crippen LogP contribution in [0.25, 0.3) is 11.1 Å². The van der Waals surface area contributed by atoms with Gasteiger partial charge in [-0.15, -0.1) is 13.2 Å². The molecule has 0 aromatic heterocycles. The maximum atomic E-state index is 12.1. The Hall–Kier alpha value is -2.50. The van der Waals surface area contributed by atoms with Crippen LogP contribution in [0.1, 0.15) is 5.56 Å². The molecule has 21 heavy (non-hydrogen) atoms. The van der Waals surface area contributed by atoms with Crippen molar-refractivity contribution in [1.29, 1.82) is 0 Å². The summed E-state index contributed by atoms with van der Waals surface area (Å²) in [6, 6.07) is 11.1. The number of alkyl halides is 3. The third kappa shape index (κ3) is 2.99. The van der Waals surface area contributed by atoms with Gasteiger partial charge in [-0.1, -0.05) is 18.2 Å². The topological polar surface area (TPSA) is 38.3 Å². The van der Waals surface area contributed by atoms with Gasteiger partial charge in [0.1, 0.15) is 5.75 Å². The minimum Gasteiger partial charge on any atom is -0.406 e. The highest BCUT2D eigenvalue weighted by Crippen LogP contribution is 2.30. The van der Waals surface area contributed by atoms with E-state index in [1.54, 1.807) is 18.2 Å². The zero-order valence-electron chi connectivity index (χ0n) is 10.7. The first-order valence-corrected chi connectivity index (χ1v) is 6.20. The van der Waals surface area contributed by atoms with Gasteiger partial charge in [0.05, 0.1) is 6.42 Å². The van der Waals surface area contributed by atoms with Gasteiger partial charge in [0.25, 0.3) is 0 Å². The first kappa shape index (κ1) is 13.5. The van der Waals surface area contributed by atoms with Gasteiger partial charge in [-0.25, -0.2) is 0 Å². The fourth-order valence-electron chi connectivity index (χ4n) is 2.26. The molecule has 0 aliphatic carbocycles. The van der Waals surface area contributed by atoms with Crippen LogP contribution in [0.4, 0.5) is 18.9 Å². The highest BCUT2D eigenvalue weighted by molar-refractivity contribution is 5.99. The zero-order chi connectivity index (χ0) is 15.0. The molecule has 0 saturated heterocycles. The second-order valence-corrected chi connectivity index (χ2v) is 4.67. The lowest BCUT2D eigenvalue weighted by Gasteiger charge is -2.09. The predicted octanol–water partition coefficient (Wildman–Crippen LogP) is 3.75. The summed E-state index contributed by atoms with van der Waals surface area (Å²) in [5.74, 6) is -0.319. The van der Waals surface area contributed by atoms with Gasteiger partial charge in [0.2, 0.25) is 5.91 Å². The van der Waals surface area contributed by atoms with Crippen LogP contribution >= 0.6 is 0 Å². The molecule has 1 heterocycles. The summed E-state index contributed by atoms with van der Waals surface area (Å²) < 4.78 is 40.1. The Morgan fingerprint density at radius 2 is 1.67 bits per heavy atom. The van der Waals surface area contributed by atoms with E-state index in [2.05, 4.69) is 10.1 Å². The number of carbonyl (C=O) groups excluding carboxylic acids is 1. The van der Waals surface area contributed by atoms with E-state index in [1.165, 1.54) is 12.1 Å². The van der Waals surface area contributed by atoms with Gasteiger partial charge in [-0.05, 0) is 41.0 Å². The molecule has 0 radical (unpaired) electrons. The van der Waals surface area contributed by atoms with E-state index >= 15 is 0 Å². The zero-order valence-corrected chi connectivity index (χ0v) is 10.7. The third-order valence-corrected chi connectivity index (χ3v) is 3.15. The van der Waals surface area contributed by atoms with Crippen molar-refractivity contribution in [3.05, 3.63) is 48.0 Å². The molecule has 108 valence electrons. The largest absolute Gasteiger partial charge is 0.573 e. The first-order chi connectivity index (χ1) is 9.90. The number of halogens is 3. The second kappa shape index (κ2) is 4.80. The lowest BCUT2D eigenvalue weighted by molar-refractivity contribution is -0.274. The third-order valence-electron chi connectivity index (χ3n) is 3.15. The SMILES string of the molecule is O=C1Cc2cc(-c3ccc(OC(F)(F)F)cc3)ccc2N1. The van der Waals surface area contributed by atoms with Gasteiger partial charge in [0, 0.05) is 5.69 Å². The molecule has 0 bridgehead atoms. The summed E-state index contributed by atoms with van der Waals surface area (Å²) >= 11 is 0. The van der Waals surface area contributed by atoms with E-state index in [0.717, 1.165) is 22.4 Å². The van der Waals surface area contributed by atoms with Crippen molar-refractivity contribution in [2.24, 2.45) is 0 Å². The van der Waals surface area contributed by atoms with Crippen molar-refractivity contribution in [1.82, 2.24) is 0 Å². The molecule has 0 spiro atoms. The Balaban J connectivity index is 1.85. The molecule has 2 aromatic rings. The molecule has 1 amide bonds. The molecule has 0 saturated carbocycles. The number of anilines is 1. The normalized spacial score (nSPS) is 13.8. The van der Waals surface area contributed by atoms with Gasteiger partial charge in [-0.3, -0.25) is 4.79 Å². The lowest BCUT2D eigenvalue weighted by atomic mass is 10.0. The molecule has 0 atom stereocenters. The van der Waals surface area contributed by atoms with Crippen LogP contribution in [0.5, 0.6) is 5.75 Å². The number of hydrogen-bond acceptors (Lipinski definition) is 2. The molecule has 3 nitrogen and oxygen atoms in total. The van der Waals surface area contributed by atoms with Gasteiger partial charge in [0.15, 0.2) is 0 Å².